The summed E-state index contributed by atoms with van der Waals surface area (Å²) in [6, 6.07) is 10.1. The monoisotopic (exact) mass is 302 g/mol. The Balaban J connectivity index is 2.45. The first-order valence-electron chi connectivity index (χ1n) is 8.68. The molecule has 0 heterocycles. The van der Waals surface area contributed by atoms with Crippen molar-refractivity contribution in [3.8, 4) is 0 Å². The van der Waals surface area contributed by atoms with Crippen LogP contribution >= 0.6 is 0 Å². The van der Waals surface area contributed by atoms with Crippen molar-refractivity contribution < 1.29 is 4.79 Å². The molecule has 1 N–H and O–H groups in total. The van der Waals surface area contributed by atoms with Crippen LogP contribution < -0.4 is 5.43 Å². The number of carbonyl (C=O) groups excluding carboxylic acids is 1. The van der Waals surface area contributed by atoms with Crippen molar-refractivity contribution >= 4 is 11.6 Å². The summed E-state index contributed by atoms with van der Waals surface area (Å²) in [5.74, 6) is 0.0291. The van der Waals surface area contributed by atoms with E-state index in [2.05, 4.69) is 24.4 Å². The fourth-order valence-electron chi connectivity index (χ4n) is 2.31. The number of benzene rings is 1. The molecule has 3 heteroatoms. The van der Waals surface area contributed by atoms with Crippen LogP contribution in [0.4, 0.5) is 0 Å². The maximum atomic E-state index is 11.9. The molecular weight excluding hydrogens is 272 g/mol. The van der Waals surface area contributed by atoms with Crippen LogP contribution in [0, 0.1) is 0 Å². The average molecular weight is 302 g/mol. The van der Waals surface area contributed by atoms with E-state index < -0.39 is 0 Å². The Bertz CT molecular complexity index is 440. The average Bonchev–Trinajstić information content (AvgIpc) is 2.55. The van der Waals surface area contributed by atoms with Gasteiger partial charge < -0.3 is 0 Å². The van der Waals surface area contributed by atoms with Crippen LogP contribution in [-0.4, -0.2) is 11.6 Å². The number of rotatable bonds is 11. The molecule has 1 aromatic carbocycles. The number of nitrogens with zero attached hydrogens (tertiary/aromatic N) is 1. The Hall–Kier alpha value is -1.64. The highest BCUT2D eigenvalue weighted by atomic mass is 16.2. The molecule has 0 atom stereocenters. The molecule has 1 rings (SSSR count). The molecular formula is C19H30N2O. The largest absolute Gasteiger partial charge is 0.273 e. The van der Waals surface area contributed by atoms with E-state index >= 15 is 0 Å². The van der Waals surface area contributed by atoms with E-state index in [9.17, 15) is 4.79 Å². The lowest BCUT2D eigenvalue weighted by Crippen LogP contribution is -2.19. The van der Waals surface area contributed by atoms with Gasteiger partial charge in [0.2, 0.25) is 5.91 Å². The fraction of sp³-hybridized carbons (Fsp3) is 0.579. The zero-order valence-corrected chi connectivity index (χ0v) is 14.1. The molecule has 1 amide bonds. The Labute approximate surface area is 135 Å². The molecule has 0 spiro atoms. The summed E-state index contributed by atoms with van der Waals surface area (Å²) in [7, 11) is 0. The van der Waals surface area contributed by atoms with E-state index in [4.69, 9.17) is 0 Å². The number of hydrazone groups is 1. The Kier molecular flexibility index (Phi) is 10.0. The van der Waals surface area contributed by atoms with Crippen LogP contribution in [-0.2, 0) is 4.79 Å². The Morgan fingerprint density at radius 1 is 0.909 bits per heavy atom. The molecule has 0 aromatic heterocycles. The minimum atomic E-state index is 0.0291. The lowest BCUT2D eigenvalue weighted by Gasteiger charge is -2.07. The molecule has 0 unspecified atom stereocenters. The zero-order valence-electron chi connectivity index (χ0n) is 14.1. The minimum Gasteiger partial charge on any atom is -0.273 e. The molecule has 1 aromatic rings. The summed E-state index contributed by atoms with van der Waals surface area (Å²) in [6.07, 6.45) is 9.48. The molecule has 22 heavy (non-hydrogen) atoms. The van der Waals surface area contributed by atoms with E-state index in [1.165, 1.54) is 19.3 Å². The standard InChI is InChI=1S/C19H30N2O/c1-3-5-7-8-12-16-19(22)21-20-18(15-6-4-2)17-13-10-9-11-14-17/h9-11,13-14H,3-8,12,15-16H2,1-2H3,(H,21,22). The number of amides is 1. The predicted octanol–water partition coefficient (Wildman–Crippen LogP) is 5.06. The molecule has 0 aliphatic heterocycles. The van der Waals surface area contributed by atoms with Gasteiger partial charge in [0, 0.05) is 6.42 Å². The van der Waals surface area contributed by atoms with Gasteiger partial charge in [-0.15, -0.1) is 0 Å². The second-order valence-electron chi connectivity index (χ2n) is 5.73. The molecule has 0 saturated carbocycles. The summed E-state index contributed by atoms with van der Waals surface area (Å²) in [6.45, 7) is 4.36. The number of hydrogen-bond donors (Lipinski definition) is 1. The predicted molar refractivity (Wildman–Crippen MR) is 94.0 cm³/mol. The summed E-state index contributed by atoms with van der Waals surface area (Å²) in [5, 5.41) is 4.36. The van der Waals surface area contributed by atoms with Crippen LogP contribution in [0.5, 0.6) is 0 Å². The first-order valence-corrected chi connectivity index (χ1v) is 8.68. The zero-order chi connectivity index (χ0) is 16.0. The Morgan fingerprint density at radius 3 is 2.27 bits per heavy atom. The van der Waals surface area contributed by atoms with Gasteiger partial charge in [0.15, 0.2) is 0 Å². The van der Waals surface area contributed by atoms with Crippen molar-refractivity contribution in [1.29, 1.82) is 0 Å². The topological polar surface area (TPSA) is 41.5 Å². The SMILES string of the molecule is CCCCCCCC(=O)NN=C(CCCC)c1ccccc1. The van der Waals surface area contributed by atoms with Gasteiger partial charge in [0.05, 0.1) is 5.71 Å². The van der Waals surface area contributed by atoms with E-state index in [0.29, 0.717) is 6.42 Å². The summed E-state index contributed by atoms with van der Waals surface area (Å²) in [5.41, 5.74) is 4.80. The van der Waals surface area contributed by atoms with Crippen LogP contribution in [0.25, 0.3) is 0 Å². The molecule has 0 saturated heterocycles. The van der Waals surface area contributed by atoms with Crippen LogP contribution in [0.15, 0.2) is 35.4 Å². The highest BCUT2D eigenvalue weighted by Gasteiger charge is 2.05. The first kappa shape index (κ1) is 18.4. The van der Waals surface area contributed by atoms with Gasteiger partial charge in [-0.05, 0) is 24.8 Å². The van der Waals surface area contributed by atoms with Gasteiger partial charge in [0.25, 0.3) is 0 Å². The van der Waals surface area contributed by atoms with E-state index in [1.807, 2.05) is 30.3 Å². The highest BCUT2D eigenvalue weighted by molar-refractivity contribution is 6.01. The fourth-order valence-corrected chi connectivity index (χ4v) is 2.31. The van der Waals surface area contributed by atoms with Crippen LogP contribution in [0.1, 0.15) is 77.2 Å². The molecule has 0 aliphatic rings. The Morgan fingerprint density at radius 2 is 1.59 bits per heavy atom. The van der Waals surface area contributed by atoms with E-state index in [0.717, 1.165) is 43.4 Å². The number of hydrogen-bond acceptors (Lipinski definition) is 2. The minimum absolute atomic E-state index is 0.0291. The molecule has 0 fully saturated rings. The molecule has 3 nitrogen and oxygen atoms in total. The normalized spacial score (nSPS) is 11.5. The van der Waals surface area contributed by atoms with Gasteiger partial charge in [-0.2, -0.15) is 5.10 Å². The van der Waals surface area contributed by atoms with Crippen molar-refractivity contribution in [2.24, 2.45) is 5.10 Å². The lowest BCUT2D eigenvalue weighted by atomic mass is 10.1. The number of nitrogens with one attached hydrogen (secondary N) is 1. The van der Waals surface area contributed by atoms with E-state index in [-0.39, 0.29) is 5.91 Å². The smallest absolute Gasteiger partial charge is 0.240 e. The van der Waals surface area contributed by atoms with Crippen molar-refractivity contribution in [2.75, 3.05) is 0 Å². The quantitative estimate of drug-likeness (QED) is 0.346. The van der Waals surface area contributed by atoms with Crippen LogP contribution in [0.2, 0.25) is 0 Å². The van der Waals surface area contributed by atoms with Gasteiger partial charge >= 0.3 is 0 Å². The number of carbonyl (C=O) groups is 1. The summed E-state index contributed by atoms with van der Waals surface area (Å²) >= 11 is 0. The van der Waals surface area contributed by atoms with Crippen molar-refractivity contribution in [2.45, 2.75) is 71.6 Å². The van der Waals surface area contributed by atoms with Crippen molar-refractivity contribution in [1.82, 2.24) is 5.43 Å². The third-order valence-corrected chi connectivity index (χ3v) is 3.70. The summed E-state index contributed by atoms with van der Waals surface area (Å²) in [4.78, 5) is 11.9. The second kappa shape index (κ2) is 12.0. The maximum absolute atomic E-state index is 11.9. The molecule has 122 valence electrons. The molecule has 0 radical (unpaired) electrons. The maximum Gasteiger partial charge on any atom is 0.240 e. The van der Waals surface area contributed by atoms with Crippen molar-refractivity contribution in [3.63, 3.8) is 0 Å². The van der Waals surface area contributed by atoms with Gasteiger partial charge in [0.1, 0.15) is 0 Å². The molecule has 0 aliphatic carbocycles. The van der Waals surface area contributed by atoms with Gasteiger partial charge in [-0.1, -0.05) is 76.3 Å². The third kappa shape index (κ3) is 7.96. The van der Waals surface area contributed by atoms with Crippen molar-refractivity contribution in [3.05, 3.63) is 35.9 Å². The van der Waals surface area contributed by atoms with Gasteiger partial charge in [-0.25, -0.2) is 5.43 Å². The molecule has 0 bridgehead atoms. The number of unbranched alkanes of at least 4 members (excludes halogenated alkanes) is 5. The third-order valence-electron chi connectivity index (χ3n) is 3.70. The summed E-state index contributed by atoms with van der Waals surface area (Å²) < 4.78 is 0. The first-order chi connectivity index (χ1) is 10.8. The van der Waals surface area contributed by atoms with E-state index in [1.54, 1.807) is 0 Å². The lowest BCUT2D eigenvalue weighted by molar-refractivity contribution is -0.121. The van der Waals surface area contributed by atoms with Crippen LogP contribution in [0.3, 0.4) is 0 Å². The second-order valence-corrected chi connectivity index (χ2v) is 5.73. The highest BCUT2D eigenvalue weighted by Crippen LogP contribution is 2.08. The van der Waals surface area contributed by atoms with Gasteiger partial charge in [-0.3, -0.25) is 4.79 Å².